The van der Waals surface area contributed by atoms with Crippen LogP contribution in [0, 0.1) is 5.92 Å². The molecule has 1 N–H and O–H groups in total. The molecule has 0 saturated carbocycles. The van der Waals surface area contributed by atoms with Gasteiger partial charge < -0.3 is 14.7 Å². The summed E-state index contributed by atoms with van der Waals surface area (Å²) in [5, 5.41) is 11.4. The van der Waals surface area contributed by atoms with Crippen molar-refractivity contribution < 1.29 is 19.1 Å². The minimum atomic E-state index is -1.10. The lowest BCUT2D eigenvalue weighted by Crippen LogP contribution is -2.42. The Balaban J connectivity index is 1.41. The highest BCUT2D eigenvalue weighted by Crippen LogP contribution is 2.24. The first-order chi connectivity index (χ1) is 16.8. The Kier molecular flexibility index (Phi) is 10.5. The molecule has 0 aliphatic carbocycles. The van der Waals surface area contributed by atoms with Gasteiger partial charge in [-0.25, -0.2) is 4.39 Å². The molecule has 1 aliphatic rings. The lowest BCUT2D eigenvalue weighted by atomic mass is 9.96. The molecule has 1 saturated heterocycles. The van der Waals surface area contributed by atoms with Gasteiger partial charge >= 0.3 is 0 Å². The van der Waals surface area contributed by atoms with Gasteiger partial charge in [-0.2, -0.15) is 5.06 Å². The number of alkyl halides is 1. The van der Waals surface area contributed by atoms with Crippen LogP contribution in [0.4, 0.5) is 4.39 Å². The number of aliphatic hydroxyl groups excluding tert-OH is 1. The van der Waals surface area contributed by atoms with Gasteiger partial charge in [0.25, 0.3) is 0 Å². The number of hydroxylamine groups is 2. The summed E-state index contributed by atoms with van der Waals surface area (Å²) in [5.41, 5.74) is 1.89. The van der Waals surface area contributed by atoms with E-state index in [1.54, 1.807) is 18.2 Å². The van der Waals surface area contributed by atoms with Gasteiger partial charge in [0.05, 0.1) is 31.2 Å². The summed E-state index contributed by atoms with van der Waals surface area (Å²) in [6.07, 6.45) is 4.75. The van der Waals surface area contributed by atoms with Crippen LogP contribution in [-0.4, -0.2) is 71.7 Å². The minimum Gasteiger partial charge on any atom is -0.492 e. The molecule has 0 bridgehead atoms. The first kappa shape index (κ1) is 27.5. The summed E-state index contributed by atoms with van der Waals surface area (Å²) >= 11 is 0. The van der Waals surface area contributed by atoms with E-state index in [4.69, 9.17) is 9.57 Å². The average Bonchev–Trinajstić information content (AvgIpc) is 2.87. The van der Waals surface area contributed by atoms with Gasteiger partial charge in [0.15, 0.2) is 0 Å². The van der Waals surface area contributed by atoms with Crippen LogP contribution in [0.15, 0.2) is 42.6 Å². The smallest absolute Gasteiger partial charge is 0.137 e. The van der Waals surface area contributed by atoms with Gasteiger partial charge in [0.1, 0.15) is 11.4 Å². The molecule has 35 heavy (non-hydrogen) atoms. The highest BCUT2D eigenvalue weighted by atomic mass is 19.1. The number of rotatable bonds is 13. The Bertz CT molecular complexity index is 868. The molecule has 3 rings (SSSR count). The van der Waals surface area contributed by atoms with E-state index in [2.05, 4.69) is 9.88 Å². The molecule has 194 valence electrons. The molecule has 1 aliphatic heterocycles. The maximum atomic E-state index is 14.3. The van der Waals surface area contributed by atoms with E-state index in [1.165, 1.54) is 0 Å². The van der Waals surface area contributed by atoms with Crippen molar-refractivity contribution in [3.63, 3.8) is 0 Å². The molecule has 0 radical (unpaired) electrons. The van der Waals surface area contributed by atoms with Crippen LogP contribution >= 0.6 is 0 Å². The second kappa shape index (κ2) is 13.3. The first-order valence-electron chi connectivity index (χ1n) is 12.9. The molecule has 1 fully saturated rings. The second-order valence-corrected chi connectivity index (χ2v) is 10.0. The Morgan fingerprint density at radius 3 is 2.49 bits per heavy atom. The molecule has 2 atom stereocenters. The molecular weight excluding hydrogens is 445 g/mol. The van der Waals surface area contributed by atoms with Crippen LogP contribution in [0.1, 0.15) is 52.0 Å². The monoisotopic (exact) mass is 487 g/mol. The van der Waals surface area contributed by atoms with Gasteiger partial charge in [0, 0.05) is 25.7 Å². The molecular formula is C28H42FN3O3. The van der Waals surface area contributed by atoms with E-state index in [1.807, 2.05) is 57.3 Å². The third kappa shape index (κ3) is 9.15. The van der Waals surface area contributed by atoms with Crippen LogP contribution in [0.25, 0.3) is 11.3 Å². The number of aromatic nitrogens is 1. The van der Waals surface area contributed by atoms with E-state index < -0.39 is 5.67 Å². The maximum absolute atomic E-state index is 14.3. The normalized spacial score (nSPS) is 17.9. The topological polar surface area (TPSA) is 58.1 Å². The van der Waals surface area contributed by atoms with Gasteiger partial charge in [-0.1, -0.05) is 38.1 Å². The molecule has 0 spiro atoms. The number of ether oxygens (including phenoxy) is 1. The molecule has 1 aromatic heterocycles. The number of benzene rings is 1. The molecule has 0 amide bonds. The summed E-state index contributed by atoms with van der Waals surface area (Å²) in [6.45, 7) is 9.57. The molecule has 2 unspecified atom stereocenters. The number of aliphatic hydroxyl groups is 1. The Morgan fingerprint density at radius 1 is 1.17 bits per heavy atom. The molecule has 2 aromatic rings. The predicted octanol–water partition coefficient (Wildman–Crippen LogP) is 5.11. The fraction of sp³-hybridized carbons (Fsp3) is 0.607. The van der Waals surface area contributed by atoms with Crippen molar-refractivity contribution in [3.05, 3.63) is 48.2 Å². The zero-order chi connectivity index (χ0) is 25.3. The number of piperidine rings is 1. The summed E-state index contributed by atoms with van der Waals surface area (Å²) in [4.78, 5) is 12.5. The highest BCUT2D eigenvalue weighted by Gasteiger charge is 2.27. The van der Waals surface area contributed by atoms with Crippen molar-refractivity contribution in [2.45, 2.75) is 64.8 Å². The number of halogens is 1. The largest absolute Gasteiger partial charge is 0.492 e. The van der Waals surface area contributed by atoms with Gasteiger partial charge in [0.2, 0.25) is 0 Å². The third-order valence-corrected chi connectivity index (χ3v) is 6.86. The van der Waals surface area contributed by atoms with Crippen molar-refractivity contribution in [2.75, 3.05) is 39.8 Å². The number of pyridine rings is 1. The molecule has 6 nitrogen and oxygen atoms in total. The second-order valence-electron chi connectivity index (χ2n) is 10.0. The third-order valence-electron chi connectivity index (χ3n) is 6.86. The van der Waals surface area contributed by atoms with E-state index in [0.29, 0.717) is 45.1 Å². The summed E-state index contributed by atoms with van der Waals surface area (Å²) in [7, 11) is 1.83. The van der Waals surface area contributed by atoms with Crippen LogP contribution in [0.5, 0.6) is 5.75 Å². The quantitative estimate of drug-likeness (QED) is 0.396. The Hall–Kier alpha value is -2.06. The van der Waals surface area contributed by atoms with Crippen LogP contribution in [0.2, 0.25) is 0 Å². The van der Waals surface area contributed by atoms with Crippen molar-refractivity contribution >= 4 is 0 Å². The fourth-order valence-electron chi connectivity index (χ4n) is 4.17. The highest BCUT2D eigenvalue weighted by molar-refractivity contribution is 5.59. The number of nitrogens with zero attached hydrogens (tertiary/aromatic N) is 3. The van der Waals surface area contributed by atoms with Crippen molar-refractivity contribution in [1.29, 1.82) is 0 Å². The summed E-state index contributed by atoms with van der Waals surface area (Å²) < 4.78 is 20.3. The first-order valence-corrected chi connectivity index (χ1v) is 12.9. The van der Waals surface area contributed by atoms with Crippen molar-refractivity contribution in [3.8, 4) is 17.0 Å². The van der Waals surface area contributed by atoms with Crippen LogP contribution in [-0.2, 0) is 11.4 Å². The standard InChI is InChI=1S/C28H42FN3O3/c1-5-25(33)18-31(4)35-20-22-7-9-24(10-8-22)27-12-11-26(17-30-27)34-19-23-13-15-32(16-14-23)21-28(3,29)6-2/h7-12,17,23,25,33H,5-6,13-16,18-21H2,1-4H3. The lowest BCUT2D eigenvalue weighted by molar-refractivity contribution is -0.164. The molecule has 2 heterocycles. The molecule has 7 heteroatoms. The summed E-state index contributed by atoms with van der Waals surface area (Å²) in [6, 6.07) is 12.1. The minimum absolute atomic E-state index is 0.377. The summed E-state index contributed by atoms with van der Waals surface area (Å²) in [5.74, 6) is 1.28. The fourth-order valence-corrected chi connectivity index (χ4v) is 4.17. The number of hydrogen-bond donors (Lipinski definition) is 1. The van der Waals surface area contributed by atoms with E-state index in [9.17, 15) is 9.50 Å². The average molecular weight is 488 g/mol. The van der Waals surface area contributed by atoms with E-state index in [0.717, 1.165) is 48.5 Å². The van der Waals surface area contributed by atoms with Crippen molar-refractivity contribution in [2.24, 2.45) is 5.92 Å². The Morgan fingerprint density at radius 2 is 1.89 bits per heavy atom. The SMILES string of the molecule is CCC(O)CN(C)OCc1ccc(-c2ccc(OCC3CCN(CC(C)(F)CC)CC3)cn2)cc1. The molecule has 1 aromatic carbocycles. The van der Waals surface area contributed by atoms with Crippen LogP contribution in [0.3, 0.4) is 0 Å². The number of likely N-dealkylation sites (N-methyl/N-ethyl adjacent to an activating group) is 1. The number of hydrogen-bond acceptors (Lipinski definition) is 6. The van der Waals surface area contributed by atoms with Crippen LogP contribution < -0.4 is 4.74 Å². The number of likely N-dealkylation sites (tertiary alicyclic amines) is 1. The Labute approximate surface area is 210 Å². The predicted molar refractivity (Wildman–Crippen MR) is 138 cm³/mol. The van der Waals surface area contributed by atoms with E-state index in [-0.39, 0.29) is 6.10 Å². The zero-order valence-electron chi connectivity index (χ0n) is 21.8. The van der Waals surface area contributed by atoms with Crippen molar-refractivity contribution in [1.82, 2.24) is 14.9 Å². The van der Waals surface area contributed by atoms with E-state index >= 15 is 0 Å². The lowest BCUT2D eigenvalue weighted by Gasteiger charge is -2.35. The van der Waals surface area contributed by atoms with Gasteiger partial charge in [-0.05, 0) is 69.3 Å². The van der Waals surface area contributed by atoms with Gasteiger partial charge in [-0.15, -0.1) is 0 Å². The van der Waals surface area contributed by atoms with Gasteiger partial charge in [-0.3, -0.25) is 9.82 Å². The zero-order valence-corrected chi connectivity index (χ0v) is 21.8. The maximum Gasteiger partial charge on any atom is 0.137 e.